The van der Waals surface area contributed by atoms with Crippen LogP contribution in [0, 0.1) is 0 Å². The molecule has 0 aliphatic carbocycles. The van der Waals surface area contributed by atoms with Crippen molar-refractivity contribution >= 4 is 41.5 Å². The molecule has 0 spiro atoms. The third kappa shape index (κ3) is 7.56. The van der Waals surface area contributed by atoms with Crippen LogP contribution in [0.3, 0.4) is 0 Å². The molecular formula is C22H31IN6O. The summed E-state index contributed by atoms with van der Waals surface area (Å²) in [6.07, 6.45) is 4.33. The first-order chi connectivity index (χ1) is 14.1. The van der Waals surface area contributed by atoms with Crippen molar-refractivity contribution in [3.63, 3.8) is 0 Å². The molecule has 1 amide bonds. The lowest BCUT2D eigenvalue weighted by molar-refractivity contribution is -0.114. The number of carbonyl (C=O) groups is 1. The summed E-state index contributed by atoms with van der Waals surface area (Å²) in [4.78, 5) is 23.1. The highest BCUT2D eigenvalue weighted by atomic mass is 127. The monoisotopic (exact) mass is 522 g/mol. The third-order valence-corrected chi connectivity index (χ3v) is 4.94. The highest BCUT2D eigenvalue weighted by Crippen LogP contribution is 2.20. The topological polar surface area (TPSA) is 81.6 Å². The van der Waals surface area contributed by atoms with Gasteiger partial charge in [-0.2, -0.15) is 0 Å². The van der Waals surface area contributed by atoms with Crippen molar-refractivity contribution in [2.45, 2.75) is 38.9 Å². The molecule has 2 unspecified atom stereocenters. The zero-order valence-corrected chi connectivity index (χ0v) is 19.9. The SMILES string of the molecule is CCNC(=NCC(=O)Nc1cccnc1)NC1CC(C)N(Cc2ccccc2)C1.I. The molecule has 30 heavy (non-hydrogen) atoms. The number of nitrogens with one attached hydrogen (secondary N) is 3. The van der Waals surface area contributed by atoms with Crippen molar-refractivity contribution in [1.29, 1.82) is 0 Å². The van der Waals surface area contributed by atoms with Crippen molar-refractivity contribution in [2.75, 3.05) is 25.0 Å². The van der Waals surface area contributed by atoms with E-state index in [4.69, 9.17) is 0 Å². The van der Waals surface area contributed by atoms with Gasteiger partial charge in [-0.25, -0.2) is 4.99 Å². The van der Waals surface area contributed by atoms with Gasteiger partial charge in [-0.05, 0) is 38.0 Å². The van der Waals surface area contributed by atoms with Crippen molar-refractivity contribution < 1.29 is 4.79 Å². The molecule has 8 heteroatoms. The van der Waals surface area contributed by atoms with Crippen molar-refractivity contribution in [3.05, 3.63) is 60.4 Å². The zero-order chi connectivity index (χ0) is 20.5. The lowest BCUT2D eigenvalue weighted by atomic mass is 10.2. The zero-order valence-electron chi connectivity index (χ0n) is 17.5. The Bertz CT molecular complexity index is 802. The van der Waals surface area contributed by atoms with E-state index >= 15 is 0 Å². The van der Waals surface area contributed by atoms with Crippen LogP contribution in [0.2, 0.25) is 0 Å². The fourth-order valence-corrected chi connectivity index (χ4v) is 3.54. The van der Waals surface area contributed by atoms with Gasteiger partial charge in [0.15, 0.2) is 5.96 Å². The molecule has 162 valence electrons. The van der Waals surface area contributed by atoms with Gasteiger partial charge in [-0.15, -0.1) is 24.0 Å². The summed E-state index contributed by atoms with van der Waals surface area (Å²) in [5, 5.41) is 9.53. The minimum Gasteiger partial charge on any atom is -0.357 e. The average Bonchev–Trinajstić information content (AvgIpc) is 3.06. The van der Waals surface area contributed by atoms with Crippen LogP contribution in [0.5, 0.6) is 0 Å². The molecule has 1 aliphatic rings. The van der Waals surface area contributed by atoms with Gasteiger partial charge in [-0.3, -0.25) is 14.7 Å². The number of carbonyl (C=O) groups excluding carboxylic acids is 1. The standard InChI is InChI=1S/C22H30N6O.HI/c1-3-24-22(25-14-21(29)26-19-10-7-11-23-13-19)27-20-12-17(2)28(16-20)15-18-8-5-4-6-9-18;/h4-11,13,17,20H,3,12,14-16H2,1-2H3,(H,26,29)(H2,24,25,27);1H. The number of halogens is 1. The summed E-state index contributed by atoms with van der Waals surface area (Å²) in [5.74, 6) is 0.508. The summed E-state index contributed by atoms with van der Waals surface area (Å²) in [6, 6.07) is 14.9. The predicted molar refractivity (Wildman–Crippen MR) is 132 cm³/mol. The van der Waals surface area contributed by atoms with Crippen molar-refractivity contribution in [1.82, 2.24) is 20.5 Å². The van der Waals surface area contributed by atoms with E-state index in [0.29, 0.717) is 23.7 Å². The van der Waals surface area contributed by atoms with E-state index in [1.165, 1.54) is 5.56 Å². The molecule has 1 aliphatic heterocycles. The molecule has 2 aromatic rings. The number of hydrogen-bond donors (Lipinski definition) is 3. The van der Waals surface area contributed by atoms with E-state index in [-0.39, 0.29) is 36.4 Å². The fourth-order valence-electron chi connectivity index (χ4n) is 3.54. The molecule has 7 nitrogen and oxygen atoms in total. The Kier molecular flexibility index (Phi) is 10.0. The Hall–Kier alpha value is -2.20. The van der Waals surface area contributed by atoms with Gasteiger partial charge in [0.05, 0.1) is 11.9 Å². The van der Waals surface area contributed by atoms with Gasteiger partial charge in [0, 0.05) is 37.9 Å². The molecular weight excluding hydrogens is 491 g/mol. The largest absolute Gasteiger partial charge is 0.357 e. The lowest BCUT2D eigenvalue weighted by Gasteiger charge is -2.21. The molecule has 2 atom stereocenters. The highest BCUT2D eigenvalue weighted by molar-refractivity contribution is 14.0. The van der Waals surface area contributed by atoms with Crippen molar-refractivity contribution in [3.8, 4) is 0 Å². The Balaban J connectivity index is 0.00000320. The van der Waals surface area contributed by atoms with Gasteiger partial charge in [0.1, 0.15) is 6.54 Å². The molecule has 0 radical (unpaired) electrons. The number of pyridine rings is 1. The van der Waals surface area contributed by atoms with Crippen LogP contribution in [-0.4, -0.2) is 53.5 Å². The second-order valence-corrected chi connectivity index (χ2v) is 7.33. The van der Waals surface area contributed by atoms with Crippen LogP contribution in [0.25, 0.3) is 0 Å². The second kappa shape index (κ2) is 12.5. The van der Waals surface area contributed by atoms with E-state index in [2.05, 4.69) is 62.0 Å². The van der Waals surface area contributed by atoms with Gasteiger partial charge < -0.3 is 16.0 Å². The van der Waals surface area contributed by atoms with E-state index in [9.17, 15) is 4.79 Å². The van der Waals surface area contributed by atoms with Crippen LogP contribution in [0.15, 0.2) is 59.9 Å². The summed E-state index contributed by atoms with van der Waals surface area (Å²) < 4.78 is 0. The smallest absolute Gasteiger partial charge is 0.246 e. The Morgan fingerprint density at radius 1 is 1.23 bits per heavy atom. The number of rotatable bonds is 7. The van der Waals surface area contributed by atoms with Crippen LogP contribution in [-0.2, 0) is 11.3 Å². The third-order valence-electron chi connectivity index (χ3n) is 4.94. The molecule has 1 aromatic heterocycles. The first-order valence-corrected chi connectivity index (χ1v) is 10.2. The Morgan fingerprint density at radius 2 is 2.03 bits per heavy atom. The fraction of sp³-hybridized carbons (Fsp3) is 0.409. The molecule has 1 aromatic carbocycles. The quantitative estimate of drug-likeness (QED) is 0.296. The van der Waals surface area contributed by atoms with Crippen LogP contribution in [0.4, 0.5) is 5.69 Å². The minimum absolute atomic E-state index is 0. The number of aromatic nitrogens is 1. The number of nitrogens with zero attached hydrogens (tertiary/aromatic N) is 3. The Morgan fingerprint density at radius 3 is 2.73 bits per heavy atom. The predicted octanol–water partition coefficient (Wildman–Crippen LogP) is 2.86. The summed E-state index contributed by atoms with van der Waals surface area (Å²) >= 11 is 0. The van der Waals surface area contributed by atoms with E-state index in [0.717, 1.165) is 26.1 Å². The van der Waals surface area contributed by atoms with E-state index in [1.807, 2.05) is 13.0 Å². The van der Waals surface area contributed by atoms with Gasteiger partial charge in [0.2, 0.25) is 5.91 Å². The number of amides is 1. The maximum atomic E-state index is 12.2. The van der Waals surface area contributed by atoms with E-state index in [1.54, 1.807) is 24.5 Å². The molecule has 1 saturated heterocycles. The summed E-state index contributed by atoms with van der Waals surface area (Å²) in [5.41, 5.74) is 2.00. The maximum Gasteiger partial charge on any atom is 0.246 e. The number of aliphatic imine (C=N–C) groups is 1. The normalized spacial score (nSPS) is 19.1. The first-order valence-electron chi connectivity index (χ1n) is 10.2. The van der Waals surface area contributed by atoms with E-state index < -0.39 is 0 Å². The number of likely N-dealkylation sites (tertiary alicyclic amines) is 1. The molecule has 3 N–H and O–H groups in total. The van der Waals surface area contributed by atoms with Crippen LogP contribution < -0.4 is 16.0 Å². The highest BCUT2D eigenvalue weighted by Gasteiger charge is 2.29. The molecule has 3 rings (SSSR count). The molecule has 0 saturated carbocycles. The van der Waals surface area contributed by atoms with Crippen LogP contribution in [0.1, 0.15) is 25.8 Å². The van der Waals surface area contributed by atoms with Crippen LogP contribution >= 0.6 is 24.0 Å². The number of hydrogen-bond acceptors (Lipinski definition) is 4. The molecule has 0 bridgehead atoms. The first kappa shape index (κ1) is 24.1. The van der Waals surface area contributed by atoms with Gasteiger partial charge >= 0.3 is 0 Å². The summed E-state index contributed by atoms with van der Waals surface area (Å²) in [7, 11) is 0. The second-order valence-electron chi connectivity index (χ2n) is 7.33. The molecule has 2 heterocycles. The number of benzene rings is 1. The number of anilines is 1. The average molecular weight is 522 g/mol. The maximum absolute atomic E-state index is 12.2. The molecule has 1 fully saturated rings. The lowest BCUT2D eigenvalue weighted by Crippen LogP contribution is -2.45. The van der Waals surface area contributed by atoms with Gasteiger partial charge in [0.25, 0.3) is 0 Å². The van der Waals surface area contributed by atoms with Gasteiger partial charge in [-0.1, -0.05) is 30.3 Å². The summed E-state index contributed by atoms with van der Waals surface area (Å²) in [6.45, 7) is 6.97. The minimum atomic E-state index is -0.166. The van der Waals surface area contributed by atoms with Crippen molar-refractivity contribution in [2.24, 2.45) is 4.99 Å². The Labute approximate surface area is 195 Å². The number of guanidine groups is 1.